The Hall–Kier alpha value is -2.58. The van der Waals surface area contributed by atoms with E-state index >= 15 is 0 Å². The van der Waals surface area contributed by atoms with Gasteiger partial charge in [-0.15, -0.1) is 12.4 Å². The first kappa shape index (κ1) is 25.1. The molecule has 33 heavy (non-hydrogen) atoms. The fraction of sp³-hybridized carbons (Fsp3) is 0.417. The number of alkyl halides is 3. The van der Waals surface area contributed by atoms with E-state index in [2.05, 4.69) is 9.47 Å². The van der Waals surface area contributed by atoms with Gasteiger partial charge in [0, 0.05) is 33.0 Å². The van der Waals surface area contributed by atoms with E-state index in [1.807, 2.05) is 31.3 Å². The molecule has 1 aliphatic heterocycles. The van der Waals surface area contributed by atoms with Gasteiger partial charge < -0.3 is 9.67 Å². The molecule has 1 fully saturated rings. The Morgan fingerprint density at radius 1 is 1.12 bits per heavy atom. The standard InChI is InChI=1S/C24H26F3N3O2.ClH/c1-29-21-5-3-2-4-20(21)28-22(29)12-18-15-30(11-10-17(18)13-23(31)32)14-16-6-8-19(9-7-16)24(25,26)27;/h2-9,17-18H,10-15H2,1H3,(H,31,32);1H/t17-,18-;/m0./s1. The molecule has 1 N–H and O–H groups in total. The van der Waals surface area contributed by atoms with Gasteiger partial charge in [-0.2, -0.15) is 13.2 Å². The number of piperidine rings is 1. The van der Waals surface area contributed by atoms with Gasteiger partial charge in [0.05, 0.1) is 16.6 Å². The number of fused-ring (bicyclic) bond motifs is 1. The summed E-state index contributed by atoms with van der Waals surface area (Å²) in [6.07, 6.45) is -2.83. The minimum absolute atomic E-state index is 0. The van der Waals surface area contributed by atoms with Crippen molar-refractivity contribution in [2.75, 3.05) is 13.1 Å². The molecule has 1 aromatic heterocycles. The highest BCUT2D eigenvalue weighted by Crippen LogP contribution is 2.32. The Kier molecular flexibility index (Phi) is 7.69. The minimum Gasteiger partial charge on any atom is -0.481 e. The van der Waals surface area contributed by atoms with Gasteiger partial charge in [0.1, 0.15) is 5.82 Å². The molecular formula is C24H27ClF3N3O2. The number of carbonyl (C=O) groups is 1. The molecule has 2 aromatic carbocycles. The number of aryl methyl sites for hydroxylation is 1. The molecule has 2 heterocycles. The maximum Gasteiger partial charge on any atom is 0.416 e. The Bertz CT molecular complexity index is 1100. The van der Waals surface area contributed by atoms with Crippen LogP contribution >= 0.6 is 12.4 Å². The first-order valence-electron chi connectivity index (χ1n) is 10.7. The third kappa shape index (κ3) is 5.86. The highest BCUT2D eigenvalue weighted by atomic mass is 35.5. The van der Waals surface area contributed by atoms with Gasteiger partial charge in [-0.05, 0) is 54.6 Å². The third-order valence-corrected chi connectivity index (χ3v) is 6.42. The summed E-state index contributed by atoms with van der Waals surface area (Å²) < 4.78 is 40.5. The molecule has 5 nitrogen and oxygen atoms in total. The van der Waals surface area contributed by atoms with Crippen molar-refractivity contribution in [1.29, 1.82) is 0 Å². The molecule has 0 radical (unpaired) electrons. The number of hydrogen-bond acceptors (Lipinski definition) is 3. The zero-order valence-electron chi connectivity index (χ0n) is 18.3. The summed E-state index contributed by atoms with van der Waals surface area (Å²) >= 11 is 0. The Balaban J connectivity index is 0.00000306. The topological polar surface area (TPSA) is 58.4 Å². The quantitative estimate of drug-likeness (QED) is 0.527. The van der Waals surface area contributed by atoms with Crippen molar-refractivity contribution in [3.63, 3.8) is 0 Å². The average Bonchev–Trinajstić information content (AvgIpc) is 3.05. The van der Waals surface area contributed by atoms with Crippen LogP contribution in [0.4, 0.5) is 13.2 Å². The summed E-state index contributed by atoms with van der Waals surface area (Å²) in [6.45, 7) is 1.94. The van der Waals surface area contributed by atoms with Crippen LogP contribution in [0, 0.1) is 11.8 Å². The summed E-state index contributed by atoms with van der Waals surface area (Å²) in [5, 5.41) is 9.39. The van der Waals surface area contributed by atoms with E-state index in [9.17, 15) is 23.1 Å². The number of likely N-dealkylation sites (tertiary alicyclic amines) is 1. The lowest BCUT2D eigenvalue weighted by Gasteiger charge is -2.38. The number of halogens is 4. The van der Waals surface area contributed by atoms with E-state index in [0.29, 0.717) is 19.5 Å². The second kappa shape index (κ2) is 10.1. The fourth-order valence-corrected chi connectivity index (χ4v) is 4.69. The summed E-state index contributed by atoms with van der Waals surface area (Å²) in [6, 6.07) is 13.2. The van der Waals surface area contributed by atoms with Gasteiger partial charge in [-0.1, -0.05) is 24.3 Å². The van der Waals surface area contributed by atoms with E-state index in [1.54, 1.807) is 0 Å². The van der Waals surface area contributed by atoms with Gasteiger partial charge >= 0.3 is 12.1 Å². The van der Waals surface area contributed by atoms with Gasteiger partial charge in [0.25, 0.3) is 0 Å². The van der Waals surface area contributed by atoms with Crippen LogP contribution in [0.3, 0.4) is 0 Å². The van der Waals surface area contributed by atoms with Gasteiger partial charge in [0.15, 0.2) is 0 Å². The Morgan fingerprint density at radius 2 is 1.82 bits per heavy atom. The van der Waals surface area contributed by atoms with Crippen molar-refractivity contribution in [3.05, 3.63) is 65.5 Å². The first-order chi connectivity index (χ1) is 15.2. The van der Waals surface area contributed by atoms with Crippen LogP contribution in [-0.2, 0) is 31.0 Å². The van der Waals surface area contributed by atoms with E-state index in [4.69, 9.17) is 4.98 Å². The van der Waals surface area contributed by atoms with Crippen LogP contribution in [0.5, 0.6) is 0 Å². The molecule has 0 spiro atoms. The number of imidazole rings is 1. The van der Waals surface area contributed by atoms with Crippen LogP contribution in [0.2, 0.25) is 0 Å². The molecule has 0 amide bonds. The molecule has 0 unspecified atom stereocenters. The third-order valence-electron chi connectivity index (χ3n) is 6.42. The molecule has 9 heteroatoms. The normalized spacial score (nSPS) is 19.4. The van der Waals surface area contributed by atoms with Crippen LogP contribution < -0.4 is 0 Å². The van der Waals surface area contributed by atoms with Crippen molar-refractivity contribution >= 4 is 29.4 Å². The summed E-state index contributed by atoms with van der Waals surface area (Å²) in [4.78, 5) is 18.4. The molecule has 0 saturated carbocycles. The van der Waals surface area contributed by atoms with Crippen LogP contribution in [0.1, 0.15) is 29.8 Å². The van der Waals surface area contributed by atoms with Gasteiger partial charge in [-0.25, -0.2) is 4.98 Å². The lowest BCUT2D eigenvalue weighted by Crippen LogP contribution is -2.42. The van der Waals surface area contributed by atoms with Gasteiger partial charge in [-0.3, -0.25) is 9.69 Å². The van der Waals surface area contributed by atoms with Crippen molar-refractivity contribution in [3.8, 4) is 0 Å². The maximum atomic E-state index is 12.8. The van der Waals surface area contributed by atoms with Crippen LogP contribution in [-0.4, -0.2) is 38.6 Å². The number of carboxylic acid groups (broad SMARTS) is 1. The predicted molar refractivity (Wildman–Crippen MR) is 122 cm³/mol. The number of aromatic nitrogens is 2. The SMILES string of the molecule is Cl.Cn1c(C[C@H]2CN(Cc3ccc(C(F)(F)F)cc3)CC[C@H]2CC(=O)O)nc2ccccc21. The molecule has 0 bridgehead atoms. The van der Waals surface area contributed by atoms with Crippen molar-refractivity contribution in [1.82, 2.24) is 14.5 Å². The van der Waals surface area contributed by atoms with Crippen molar-refractivity contribution < 1.29 is 23.1 Å². The Morgan fingerprint density at radius 3 is 2.45 bits per heavy atom. The van der Waals surface area contributed by atoms with Crippen LogP contribution in [0.15, 0.2) is 48.5 Å². The number of para-hydroxylation sites is 2. The summed E-state index contributed by atoms with van der Waals surface area (Å²) in [5.41, 5.74) is 2.12. The number of rotatable bonds is 6. The van der Waals surface area contributed by atoms with E-state index < -0.39 is 17.7 Å². The molecule has 3 aromatic rings. The second-order valence-corrected chi connectivity index (χ2v) is 8.62. The molecule has 178 valence electrons. The number of carboxylic acids is 1. The Labute approximate surface area is 196 Å². The number of aliphatic carboxylic acids is 1. The van der Waals surface area contributed by atoms with Crippen molar-refractivity contribution in [2.24, 2.45) is 18.9 Å². The number of hydrogen-bond donors (Lipinski definition) is 1. The van der Waals surface area contributed by atoms with Gasteiger partial charge in [0.2, 0.25) is 0 Å². The zero-order valence-corrected chi connectivity index (χ0v) is 19.1. The largest absolute Gasteiger partial charge is 0.481 e. The van der Waals surface area contributed by atoms with Crippen molar-refractivity contribution in [2.45, 2.75) is 32.0 Å². The monoisotopic (exact) mass is 481 g/mol. The minimum atomic E-state index is -4.34. The van der Waals surface area contributed by atoms with E-state index in [0.717, 1.165) is 47.5 Å². The molecule has 0 aliphatic carbocycles. The molecule has 1 aliphatic rings. The molecule has 4 rings (SSSR count). The van der Waals surface area contributed by atoms with E-state index in [1.165, 1.54) is 12.1 Å². The van der Waals surface area contributed by atoms with Crippen LogP contribution in [0.25, 0.3) is 11.0 Å². The molecular weight excluding hydrogens is 455 g/mol. The molecule has 1 saturated heterocycles. The smallest absolute Gasteiger partial charge is 0.416 e. The lowest BCUT2D eigenvalue weighted by atomic mass is 9.81. The molecule has 2 atom stereocenters. The highest BCUT2D eigenvalue weighted by molar-refractivity contribution is 5.85. The number of benzene rings is 2. The summed E-state index contributed by atoms with van der Waals surface area (Å²) in [5.74, 6) is 0.255. The highest BCUT2D eigenvalue weighted by Gasteiger charge is 2.33. The maximum absolute atomic E-state index is 12.8. The summed E-state index contributed by atoms with van der Waals surface area (Å²) in [7, 11) is 1.97. The predicted octanol–water partition coefficient (Wildman–Crippen LogP) is 5.17. The lowest BCUT2D eigenvalue weighted by molar-refractivity contribution is -0.139. The zero-order chi connectivity index (χ0) is 22.9. The fourth-order valence-electron chi connectivity index (χ4n) is 4.69. The average molecular weight is 482 g/mol. The first-order valence-corrected chi connectivity index (χ1v) is 10.7. The second-order valence-electron chi connectivity index (χ2n) is 8.62. The van der Waals surface area contributed by atoms with E-state index in [-0.39, 0.29) is 30.7 Å². The number of nitrogens with zero attached hydrogens (tertiary/aromatic N) is 3.